The van der Waals surface area contributed by atoms with Gasteiger partial charge in [-0.15, -0.1) is 23.5 Å². The molecule has 0 unspecified atom stereocenters. The summed E-state index contributed by atoms with van der Waals surface area (Å²) in [6.07, 6.45) is 0. The highest BCUT2D eigenvalue weighted by molar-refractivity contribution is 8.47. The van der Waals surface area contributed by atoms with Gasteiger partial charge >= 0.3 is 0 Å². The molecule has 0 N–H and O–H groups in total. The van der Waals surface area contributed by atoms with E-state index in [0.717, 1.165) is 9.28 Å². The molecule has 3 heteroatoms. The number of hydrogen-bond donors (Lipinski definition) is 0. The van der Waals surface area contributed by atoms with Crippen LogP contribution in [0.2, 0.25) is 0 Å². The minimum absolute atomic E-state index is 0. The molecule has 0 heterocycles. The molecular formula is C7H16S3. The van der Waals surface area contributed by atoms with Gasteiger partial charge in [0, 0.05) is 5.25 Å². The first-order valence-corrected chi connectivity index (χ1v) is 5.27. The Hall–Kier alpha value is 0.790. The summed E-state index contributed by atoms with van der Waals surface area (Å²) in [5, 5.41) is 0.636. The zero-order chi connectivity index (χ0) is 7.28. The number of thiocarbonyl (C=S) groups is 1. The molecule has 0 rings (SSSR count). The molecule has 0 aromatic rings. The van der Waals surface area contributed by atoms with Crippen LogP contribution in [0, 0.1) is 0 Å². The molecule has 0 saturated heterocycles. The van der Waals surface area contributed by atoms with Crippen molar-refractivity contribution in [3.8, 4) is 0 Å². The van der Waals surface area contributed by atoms with Crippen LogP contribution < -0.4 is 0 Å². The third kappa shape index (κ3) is 8.79. The standard InChI is InChI=1S/C6H12S3.CH4/c1-4-8-6(7)9-5(2)3;/h5H,4H2,1-3H3;1H4. The Labute approximate surface area is 78.5 Å². The van der Waals surface area contributed by atoms with E-state index in [0.29, 0.717) is 5.25 Å². The van der Waals surface area contributed by atoms with Gasteiger partial charge in [-0.05, 0) is 5.75 Å². The van der Waals surface area contributed by atoms with Gasteiger partial charge in [0.2, 0.25) is 0 Å². The summed E-state index contributed by atoms with van der Waals surface area (Å²) >= 11 is 8.58. The Morgan fingerprint density at radius 2 is 2.00 bits per heavy atom. The fourth-order valence-corrected chi connectivity index (χ4v) is 3.10. The van der Waals surface area contributed by atoms with E-state index in [9.17, 15) is 0 Å². The molecule has 0 spiro atoms. The summed E-state index contributed by atoms with van der Waals surface area (Å²) in [6, 6.07) is 0. The predicted octanol–water partition coefficient (Wildman–Crippen LogP) is 3.80. The second-order valence-electron chi connectivity index (χ2n) is 1.85. The summed E-state index contributed by atoms with van der Waals surface area (Å²) in [6.45, 7) is 6.44. The zero-order valence-electron chi connectivity index (χ0n) is 6.01. The molecule has 62 valence electrons. The van der Waals surface area contributed by atoms with Crippen LogP contribution in [0.5, 0.6) is 0 Å². The first-order valence-electron chi connectivity index (χ1n) is 3.00. The maximum atomic E-state index is 5.06. The summed E-state index contributed by atoms with van der Waals surface area (Å²) < 4.78 is 1.08. The van der Waals surface area contributed by atoms with Crippen molar-refractivity contribution in [2.24, 2.45) is 0 Å². The Morgan fingerprint density at radius 3 is 2.30 bits per heavy atom. The van der Waals surface area contributed by atoms with E-state index in [1.165, 1.54) is 0 Å². The van der Waals surface area contributed by atoms with Crippen LogP contribution in [0.3, 0.4) is 0 Å². The van der Waals surface area contributed by atoms with Crippen molar-refractivity contribution >= 4 is 39.3 Å². The van der Waals surface area contributed by atoms with Crippen molar-refractivity contribution in [2.45, 2.75) is 33.4 Å². The van der Waals surface area contributed by atoms with E-state index >= 15 is 0 Å². The normalized spacial score (nSPS) is 9.20. The van der Waals surface area contributed by atoms with Crippen molar-refractivity contribution in [3.05, 3.63) is 0 Å². The lowest BCUT2D eigenvalue weighted by atomic mass is 10.6. The molecule has 0 atom stereocenters. The van der Waals surface area contributed by atoms with Gasteiger partial charge in [0.25, 0.3) is 0 Å². The van der Waals surface area contributed by atoms with Gasteiger partial charge in [-0.3, -0.25) is 0 Å². The fraction of sp³-hybridized carbons (Fsp3) is 0.857. The first kappa shape index (κ1) is 13.4. The van der Waals surface area contributed by atoms with E-state index in [-0.39, 0.29) is 7.43 Å². The van der Waals surface area contributed by atoms with Crippen LogP contribution in [-0.4, -0.2) is 14.5 Å². The van der Waals surface area contributed by atoms with Crippen molar-refractivity contribution in [1.29, 1.82) is 0 Å². The summed E-state index contributed by atoms with van der Waals surface area (Å²) in [5.41, 5.74) is 0. The lowest BCUT2D eigenvalue weighted by Gasteiger charge is -2.02. The molecule has 0 aromatic heterocycles. The Bertz CT molecular complexity index is 88.9. The molecular weight excluding hydrogens is 180 g/mol. The van der Waals surface area contributed by atoms with Gasteiger partial charge in [0.1, 0.15) is 3.53 Å². The van der Waals surface area contributed by atoms with E-state index < -0.39 is 0 Å². The third-order valence-corrected chi connectivity index (χ3v) is 3.07. The smallest absolute Gasteiger partial charge is 0.104 e. The van der Waals surface area contributed by atoms with Gasteiger partial charge < -0.3 is 0 Å². The maximum Gasteiger partial charge on any atom is 0.104 e. The molecule has 0 aliphatic heterocycles. The van der Waals surface area contributed by atoms with Gasteiger partial charge in [0.05, 0.1) is 0 Å². The highest BCUT2D eigenvalue weighted by Gasteiger charge is 1.99. The minimum Gasteiger partial charge on any atom is -0.108 e. The number of hydrogen-bond acceptors (Lipinski definition) is 3. The average molecular weight is 196 g/mol. The molecule has 0 aromatic carbocycles. The molecule has 0 aliphatic carbocycles. The van der Waals surface area contributed by atoms with Crippen LogP contribution in [0.1, 0.15) is 28.2 Å². The lowest BCUT2D eigenvalue weighted by Crippen LogP contribution is -1.90. The summed E-state index contributed by atoms with van der Waals surface area (Å²) in [5.74, 6) is 1.10. The van der Waals surface area contributed by atoms with Gasteiger partial charge in [-0.2, -0.15) is 0 Å². The molecule has 0 saturated carbocycles. The topological polar surface area (TPSA) is 0 Å². The van der Waals surface area contributed by atoms with Crippen molar-refractivity contribution in [3.63, 3.8) is 0 Å². The summed E-state index contributed by atoms with van der Waals surface area (Å²) in [4.78, 5) is 0. The first-order chi connectivity index (χ1) is 4.16. The van der Waals surface area contributed by atoms with Crippen LogP contribution in [0.25, 0.3) is 0 Å². The second-order valence-corrected chi connectivity index (χ2v) is 5.89. The van der Waals surface area contributed by atoms with E-state index in [4.69, 9.17) is 12.2 Å². The highest BCUT2D eigenvalue weighted by atomic mass is 32.2. The van der Waals surface area contributed by atoms with Crippen molar-refractivity contribution in [2.75, 3.05) is 5.75 Å². The molecule has 0 fully saturated rings. The minimum atomic E-state index is 0. The van der Waals surface area contributed by atoms with Gasteiger partial charge in [-0.25, -0.2) is 0 Å². The molecule has 0 nitrogen and oxygen atoms in total. The maximum absolute atomic E-state index is 5.06. The second kappa shape index (κ2) is 7.89. The Kier molecular flexibility index (Phi) is 10.6. The quantitative estimate of drug-likeness (QED) is 0.617. The SMILES string of the molecule is C.CCSC(=S)SC(C)C. The van der Waals surface area contributed by atoms with Crippen LogP contribution >= 0.6 is 35.7 Å². The molecule has 0 radical (unpaired) electrons. The molecule has 10 heavy (non-hydrogen) atoms. The predicted molar refractivity (Wildman–Crippen MR) is 60.2 cm³/mol. The van der Waals surface area contributed by atoms with Gasteiger partial charge in [0.15, 0.2) is 0 Å². The summed E-state index contributed by atoms with van der Waals surface area (Å²) in [7, 11) is 0. The molecule has 0 amide bonds. The van der Waals surface area contributed by atoms with E-state index in [2.05, 4.69) is 20.8 Å². The Morgan fingerprint density at radius 1 is 1.50 bits per heavy atom. The largest absolute Gasteiger partial charge is 0.108 e. The van der Waals surface area contributed by atoms with Crippen LogP contribution in [0.4, 0.5) is 0 Å². The van der Waals surface area contributed by atoms with Crippen LogP contribution in [0.15, 0.2) is 0 Å². The monoisotopic (exact) mass is 196 g/mol. The molecule has 0 bridgehead atoms. The van der Waals surface area contributed by atoms with Gasteiger partial charge in [-0.1, -0.05) is 40.4 Å². The third-order valence-electron chi connectivity index (χ3n) is 0.594. The van der Waals surface area contributed by atoms with E-state index in [1.807, 2.05) is 0 Å². The lowest BCUT2D eigenvalue weighted by molar-refractivity contribution is 1.12. The van der Waals surface area contributed by atoms with Crippen LogP contribution in [-0.2, 0) is 0 Å². The van der Waals surface area contributed by atoms with E-state index in [1.54, 1.807) is 23.5 Å². The van der Waals surface area contributed by atoms with Crippen molar-refractivity contribution in [1.82, 2.24) is 0 Å². The zero-order valence-corrected chi connectivity index (χ0v) is 8.46. The molecule has 0 aliphatic rings. The average Bonchev–Trinajstić information content (AvgIpc) is 1.63. The fourth-order valence-electron chi connectivity index (χ4n) is 0.344. The Balaban J connectivity index is 0. The van der Waals surface area contributed by atoms with Crippen molar-refractivity contribution < 1.29 is 0 Å². The highest BCUT2D eigenvalue weighted by Crippen LogP contribution is 2.20. The number of thioether (sulfide) groups is 2. The number of rotatable bonds is 2.